The number of ether oxygens (including phenoxy) is 2. The minimum absolute atomic E-state index is 0.0662. The predicted octanol–water partition coefficient (Wildman–Crippen LogP) is 4.42. The van der Waals surface area contributed by atoms with Gasteiger partial charge in [-0.15, -0.1) is 11.3 Å². The fourth-order valence-corrected chi connectivity index (χ4v) is 4.52. The van der Waals surface area contributed by atoms with Crippen LogP contribution in [0.25, 0.3) is 10.2 Å². The van der Waals surface area contributed by atoms with Crippen molar-refractivity contribution >= 4 is 62.3 Å². The molecule has 3 heterocycles. The molecule has 0 bridgehead atoms. The van der Waals surface area contributed by atoms with E-state index in [0.29, 0.717) is 18.2 Å². The fraction of sp³-hybridized carbons (Fsp3) is 0.500. The number of amides is 1. The Morgan fingerprint density at radius 3 is 2.76 bits per heavy atom. The van der Waals surface area contributed by atoms with Crippen molar-refractivity contribution in [3.8, 4) is 0 Å². The molecule has 188 valence electrons. The molecule has 34 heavy (non-hydrogen) atoms. The number of thiazole rings is 1. The van der Waals surface area contributed by atoms with Crippen molar-refractivity contribution in [2.75, 3.05) is 12.4 Å². The van der Waals surface area contributed by atoms with Gasteiger partial charge in [-0.2, -0.15) is 5.10 Å². The largest absolute Gasteiger partial charge is 0.446 e. The van der Waals surface area contributed by atoms with Gasteiger partial charge in [0.05, 0.1) is 16.8 Å². The summed E-state index contributed by atoms with van der Waals surface area (Å²) in [6.45, 7) is 4.32. The van der Waals surface area contributed by atoms with E-state index in [9.17, 15) is 4.79 Å². The van der Waals surface area contributed by atoms with E-state index < -0.39 is 0 Å². The van der Waals surface area contributed by atoms with Crippen molar-refractivity contribution in [2.45, 2.75) is 57.8 Å². The number of methoxy groups -OCH3 is 1. The number of H-pyrrole nitrogens is 1. The Morgan fingerprint density at radius 2 is 2.06 bits per heavy atom. The lowest BCUT2D eigenvalue weighted by atomic mass is 10.0. The maximum absolute atomic E-state index is 11.8. The predicted molar refractivity (Wildman–Crippen MR) is 137 cm³/mol. The highest BCUT2D eigenvalue weighted by molar-refractivity contribution is 14.1. The molecule has 0 spiro atoms. The molecule has 12 nitrogen and oxygen atoms in total. The monoisotopic (exact) mass is 608 g/mol. The Labute approximate surface area is 214 Å². The lowest BCUT2D eigenvalue weighted by molar-refractivity contribution is -0.176. The van der Waals surface area contributed by atoms with Crippen LogP contribution < -0.4 is 10.6 Å². The van der Waals surface area contributed by atoms with E-state index in [1.54, 1.807) is 18.4 Å². The van der Waals surface area contributed by atoms with E-state index in [0.717, 1.165) is 63.2 Å². The van der Waals surface area contributed by atoms with Crippen LogP contribution in [0.2, 0.25) is 0 Å². The number of nitrogens with zero attached hydrogens (tertiary/aromatic N) is 3. The molecule has 14 heteroatoms. The van der Waals surface area contributed by atoms with Crippen LogP contribution in [0.3, 0.4) is 0 Å². The molecule has 6 N–H and O–H groups in total. The van der Waals surface area contributed by atoms with Crippen LogP contribution in [0, 0.1) is 0 Å². The number of rotatable bonds is 7. The summed E-state index contributed by atoms with van der Waals surface area (Å²) in [5.74, 6) is 1.68. The molecule has 0 aromatic carbocycles. The zero-order valence-electron chi connectivity index (χ0n) is 19.0. The normalized spacial score (nSPS) is 16.9. The smallest absolute Gasteiger partial charge is 0.407 e. The highest BCUT2D eigenvalue weighted by Crippen LogP contribution is 2.36. The summed E-state index contributed by atoms with van der Waals surface area (Å²) in [4.78, 5) is 20.8. The third kappa shape index (κ3) is 7.99. The molecule has 3 aromatic heterocycles. The average molecular weight is 608 g/mol. The number of carbonyl (C=O) groups is 1. The molecule has 2 unspecified atom stereocenters. The fourth-order valence-electron chi connectivity index (χ4n) is 3.63. The van der Waals surface area contributed by atoms with Gasteiger partial charge in [0, 0.05) is 43.1 Å². The molecule has 1 saturated carbocycles. The molecule has 1 aliphatic carbocycles. The number of halogens is 1. The first kappa shape index (κ1) is 28.1. The van der Waals surface area contributed by atoms with E-state index >= 15 is 0 Å². The third-order valence-electron chi connectivity index (χ3n) is 4.95. The first-order chi connectivity index (χ1) is 16.5. The van der Waals surface area contributed by atoms with Gasteiger partial charge in [0.1, 0.15) is 39.9 Å². The van der Waals surface area contributed by atoms with Crippen molar-refractivity contribution in [3.63, 3.8) is 0 Å². The standard InChI is InChI=1S/C20H26N6O3S.HIO.H2O2/c1-11(2)22-20(27)29-13-5-4-12(6-13)14-7-18(26-25-14)24-17-8-15-16(9-21-17)30-19(23-15)10-28-3;2*1-2/h7-9,11-13H,4-6,10H2,1-3H3,(H,22,27)(H2,21,24,25,26);2H;1-2H. The van der Waals surface area contributed by atoms with Crippen molar-refractivity contribution in [1.82, 2.24) is 25.5 Å². The molecular weight excluding hydrogens is 579 g/mol. The molecule has 1 amide bonds. The highest BCUT2D eigenvalue weighted by Gasteiger charge is 2.30. The maximum atomic E-state index is 11.8. The van der Waals surface area contributed by atoms with Crippen LogP contribution in [-0.2, 0) is 16.1 Å². The van der Waals surface area contributed by atoms with Crippen LogP contribution in [0.1, 0.15) is 49.7 Å². The number of hydrogen-bond acceptors (Lipinski definition) is 11. The van der Waals surface area contributed by atoms with Crippen LogP contribution in [0.15, 0.2) is 18.3 Å². The van der Waals surface area contributed by atoms with Crippen LogP contribution in [0.5, 0.6) is 0 Å². The Bertz CT molecular complexity index is 1030. The van der Waals surface area contributed by atoms with Crippen molar-refractivity contribution in [3.05, 3.63) is 29.0 Å². The zero-order valence-corrected chi connectivity index (χ0v) is 22.0. The van der Waals surface area contributed by atoms with Gasteiger partial charge in [-0.3, -0.25) is 15.6 Å². The average Bonchev–Trinajstić information content (AvgIpc) is 3.56. The summed E-state index contributed by atoms with van der Waals surface area (Å²) < 4.78 is 18.7. The van der Waals surface area contributed by atoms with Gasteiger partial charge in [0.25, 0.3) is 0 Å². The molecule has 0 radical (unpaired) electrons. The second-order valence-corrected chi connectivity index (χ2v) is 8.86. The minimum Gasteiger partial charge on any atom is -0.446 e. The summed E-state index contributed by atoms with van der Waals surface area (Å²) in [6.07, 6.45) is 3.99. The summed E-state index contributed by atoms with van der Waals surface area (Å²) >= 11 is 2.73. The van der Waals surface area contributed by atoms with Gasteiger partial charge >= 0.3 is 6.09 Å². The number of carbonyl (C=O) groups excluding carboxylic acids is 1. The second-order valence-electron chi connectivity index (χ2n) is 7.75. The van der Waals surface area contributed by atoms with Crippen LogP contribution >= 0.6 is 34.3 Å². The van der Waals surface area contributed by atoms with Crippen molar-refractivity contribution in [2.24, 2.45) is 0 Å². The number of aromatic amines is 1. The summed E-state index contributed by atoms with van der Waals surface area (Å²) in [5.41, 5.74) is 1.92. The van der Waals surface area contributed by atoms with Gasteiger partial charge in [0.15, 0.2) is 5.82 Å². The van der Waals surface area contributed by atoms with Crippen molar-refractivity contribution in [1.29, 1.82) is 0 Å². The highest BCUT2D eigenvalue weighted by atomic mass is 127. The number of alkyl carbamates (subject to hydrolysis) is 1. The summed E-state index contributed by atoms with van der Waals surface area (Å²) in [5, 5.41) is 26.4. The number of hydrogen-bond donors (Lipinski definition) is 6. The first-order valence-electron chi connectivity index (χ1n) is 10.4. The molecule has 1 aliphatic rings. The lowest BCUT2D eigenvalue weighted by Gasteiger charge is -2.14. The van der Waals surface area contributed by atoms with E-state index in [1.807, 2.05) is 32.2 Å². The summed E-state index contributed by atoms with van der Waals surface area (Å²) in [6, 6.07) is 3.97. The van der Waals surface area contributed by atoms with Crippen molar-refractivity contribution < 1.29 is 28.2 Å². The van der Waals surface area contributed by atoms with Gasteiger partial charge in [-0.1, -0.05) is 0 Å². The SMILES string of the molecule is COCc1nc2cc(Nc3cc(C4CCC(OC(=O)NC(C)C)C4)[nH]n3)ncc2s1.OI.OO. The number of nitrogens with one attached hydrogen (secondary N) is 3. The topological polar surface area (TPSA) is 175 Å². The molecule has 1 fully saturated rings. The number of aromatic nitrogens is 4. The van der Waals surface area contributed by atoms with Crippen LogP contribution in [-0.4, -0.2) is 59.5 Å². The lowest BCUT2D eigenvalue weighted by Crippen LogP contribution is -2.33. The Hall–Kier alpha value is -2.11. The van der Waals surface area contributed by atoms with E-state index in [1.165, 1.54) is 0 Å². The summed E-state index contributed by atoms with van der Waals surface area (Å²) in [7, 11) is 1.66. The molecule has 0 aliphatic heterocycles. The second kappa shape index (κ2) is 14.3. The molecule has 2 atom stereocenters. The first-order valence-corrected chi connectivity index (χ1v) is 12.2. The molecular formula is C20H29IN6O6S. The van der Waals surface area contributed by atoms with E-state index in [2.05, 4.69) is 30.8 Å². The van der Waals surface area contributed by atoms with Crippen LogP contribution in [0.4, 0.5) is 16.4 Å². The Morgan fingerprint density at radius 1 is 1.29 bits per heavy atom. The number of fused-ring (bicyclic) bond motifs is 1. The van der Waals surface area contributed by atoms with E-state index in [4.69, 9.17) is 23.4 Å². The van der Waals surface area contributed by atoms with E-state index in [-0.39, 0.29) is 24.2 Å². The van der Waals surface area contributed by atoms with Gasteiger partial charge in [-0.25, -0.2) is 14.8 Å². The maximum Gasteiger partial charge on any atom is 0.407 e. The van der Waals surface area contributed by atoms with Gasteiger partial charge < -0.3 is 23.5 Å². The third-order valence-corrected chi connectivity index (χ3v) is 5.93. The zero-order chi connectivity index (χ0) is 25.1. The Balaban J connectivity index is 0.000000970. The van der Waals surface area contributed by atoms with Gasteiger partial charge in [0.2, 0.25) is 0 Å². The number of pyridine rings is 1. The molecule has 0 saturated heterocycles. The quantitative estimate of drug-likeness (QED) is 0.128. The van der Waals surface area contributed by atoms with Gasteiger partial charge in [-0.05, 0) is 33.1 Å². The molecule has 3 aromatic rings. The molecule has 4 rings (SSSR count). The number of anilines is 2. The Kier molecular flexibility index (Phi) is 11.9. The minimum atomic E-state index is -0.347.